The smallest absolute Gasteiger partial charge is 0.230 e. The summed E-state index contributed by atoms with van der Waals surface area (Å²) in [5.74, 6) is 2.15. The number of nitrogens with zero attached hydrogens (tertiary/aromatic N) is 7. The Morgan fingerprint density at radius 1 is 1.40 bits per heavy atom. The molecule has 3 aromatic rings. The summed E-state index contributed by atoms with van der Waals surface area (Å²) in [6.07, 6.45) is 3.89. The van der Waals surface area contributed by atoms with Crippen LogP contribution in [0.5, 0.6) is 0 Å². The summed E-state index contributed by atoms with van der Waals surface area (Å²) in [4.78, 5) is 14.4. The minimum atomic E-state index is 0.000165. The van der Waals surface area contributed by atoms with Gasteiger partial charge >= 0.3 is 0 Å². The van der Waals surface area contributed by atoms with E-state index in [9.17, 15) is 4.79 Å². The number of aryl methyl sites for hydroxylation is 2. The molecule has 4 rings (SSSR count). The average Bonchev–Trinajstić information content (AvgIpc) is 3.27. The highest BCUT2D eigenvalue weighted by Crippen LogP contribution is 2.27. The van der Waals surface area contributed by atoms with Crippen molar-refractivity contribution in [3.05, 3.63) is 35.7 Å². The second kappa shape index (κ2) is 5.83. The van der Waals surface area contributed by atoms with Crippen LogP contribution in [0.25, 0.3) is 11.4 Å². The molecule has 0 saturated heterocycles. The molecule has 1 amide bonds. The molecular formula is C16H19N7O2. The van der Waals surface area contributed by atoms with Crippen LogP contribution in [-0.2, 0) is 24.8 Å². The number of aromatic nitrogens is 6. The average molecular weight is 341 g/mol. The van der Waals surface area contributed by atoms with Crippen molar-refractivity contribution in [3.63, 3.8) is 0 Å². The molecule has 3 aromatic heterocycles. The Bertz CT molecular complexity index is 923. The maximum atomic E-state index is 12.6. The molecule has 130 valence electrons. The van der Waals surface area contributed by atoms with E-state index >= 15 is 0 Å². The Morgan fingerprint density at radius 3 is 2.92 bits per heavy atom. The van der Waals surface area contributed by atoms with E-state index in [4.69, 9.17) is 4.52 Å². The van der Waals surface area contributed by atoms with Crippen molar-refractivity contribution in [2.75, 3.05) is 6.54 Å². The minimum Gasteiger partial charge on any atom is -0.361 e. The van der Waals surface area contributed by atoms with Crippen LogP contribution in [0.1, 0.15) is 30.2 Å². The molecule has 0 bridgehead atoms. The van der Waals surface area contributed by atoms with E-state index in [0.717, 1.165) is 22.9 Å². The van der Waals surface area contributed by atoms with Crippen LogP contribution in [0, 0.1) is 6.92 Å². The highest BCUT2D eigenvalue weighted by atomic mass is 16.5. The zero-order chi connectivity index (χ0) is 17.6. The molecule has 1 aliphatic rings. The van der Waals surface area contributed by atoms with Gasteiger partial charge in [-0.05, 0) is 13.8 Å². The Hall–Kier alpha value is -2.97. The molecule has 0 aromatic carbocycles. The molecule has 1 aliphatic heterocycles. The largest absolute Gasteiger partial charge is 0.361 e. The Kier molecular flexibility index (Phi) is 3.63. The van der Waals surface area contributed by atoms with Crippen molar-refractivity contribution >= 4 is 5.91 Å². The van der Waals surface area contributed by atoms with Gasteiger partial charge in [0.15, 0.2) is 11.6 Å². The van der Waals surface area contributed by atoms with Gasteiger partial charge in [-0.2, -0.15) is 5.10 Å². The fourth-order valence-electron chi connectivity index (χ4n) is 3.21. The topological polar surface area (TPSA) is 94.9 Å². The van der Waals surface area contributed by atoms with E-state index < -0.39 is 0 Å². The quantitative estimate of drug-likeness (QED) is 0.708. The molecule has 4 heterocycles. The first-order chi connectivity index (χ1) is 12.0. The number of rotatable bonds is 3. The standard InChI is InChI=1S/C16H19N7O2/c1-10-4-13(25-20-10)5-15(24)22-7-11(2)23-14(9-22)18-19-16(23)12-6-17-21(3)8-12/h4,6,8,11H,5,7,9H2,1-3H3/t11-/m0/s1. The number of fused-ring (bicyclic) bond motifs is 1. The van der Waals surface area contributed by atoms with E-state index in [2.05, 4.69) is 31.9 Å². The van der Waals surface area contributed by atoms with Gasteiger partial charge in [-0.15, -0.1) is 10.2 Å². The van der Waals surface area contributed by atoms with Gasteiger partial charge in [0.05, 0.1) is 36.5 Å². The molecule has 0 radical (unpaired) electrons. The molecule has 9 nitrogen and oxygen atoms in total. The number of carbonyl (C=O) groups excluding carboxylic acids is 1. The highest BCUT2D eigenvalue weighted by Gasteiger charge is 2.30. The van der Waals surface area contributed by atoms with Gasteiger partial charge in [0.25, 0.3) is 0 Å². The third kappa shape index (κ3) is 2.81. The van der Waals surface area contributed by atoms with E-state index in [-0.39, 0.29) is 18.4 Å². The van der Waals surface area contributed by atoms with Crippen LogP contribution in [0.2, 0.25) is 0 Å². The van der Waals surface area contributed by atoms with Crippen LogP contribution in [0.3, 0.4) is 0 Å². The zero-order valence-electron chi connectivity index (χ0n) is 14.4. The summed E-state index contributed by atoms with van der Waals surface area (Å²) in [6.45, 7) is 4.93. The summed E-state index contributed by atoms with van der Waals surface area (Å²) in [5.41, 5.74) is 1.70. The van der Waals surface area contributed by atoms with Crippen LogP contribution in [0.4, 0.5) is 0 Å². The predicted octanol–water partition coefficient (Wildman–Crippen LogP) is 1.12. The Labute approximate surface area is 144 Å². The number of amides is 1. The first-order valence-electron chi connectivity index (χ1n) is 8.14. The van der Waals surface area contributed by atoms with E-state index in [1.54, 1.807) is 21.8 Å². The van der Waals surface area contributed by atoms with E-state index in [0.29, 0.717) is 18.8 Å². The van der Waals surface area contributed by atoms with Crippen molar-refractivity contribution in [1.29, 1.82) is 0 Å². The lowest BCUT2D eigenvalue weighted by molar-refractivity contribution is -0.132. The lowest BCUT2D eigenvalue weighted by Crippen LogP contribution is -2.41. The van der Waals surface area contributed by atoms with Crippen LogP contribution in [-0.4, -0.2) is 47.1 Å². The van der Waals surface area contributed by atoms with Gasteiger partial charge in [-0.3, -0.25) is 9.48 Å². The molecule has 0 N–H and O–H groups in total. The lowest BCUT2D eigenvalue weighted by atomic mass is 10.2. The van der Waals surface area contributed by atoms with Gasteiger partial charge < -0.3 is 14.0 Å². The van der Waals surface area contributed by atoms with Crippen LogP contribution >= 0.6 is 0 Å². The summed E-state index contributed by atoms with van der Waals surface area (Å²) >= 11 is 0. The van der Waals surface area contributed by atoms with Gasteiger partial charge in [0.1, 0.15) is 5.76 Å². The maximum absolute atomic E-state index is 12.6. The van der Waals surface area contributed by atoms with Crippen molar-refractivity contribution < 1.29 is 9.32 Å². The van der Waals surface area contributed by atoms with Gasteiger partial charge in [0.2, 0.25) is 5.91 Å². The number of hydrogen-bond acceptors (Lipinski definition) is 6. The monoisotopic (exact) mass is 341 g/mol. The predicted molar refractivity (Wildman–Crippen MR) is 87.3 cm³/mol. The molecular weight excluding hydrogens is 322 g/mol. The van der Waals surface area contributed by atoms with Crippen LogP contribution in [0.15, 0.2) is 23.0 Å². The Morgan fingerprint density at radius 2 is 2.24 bits per heavy atom. The highest BCUT2D eigenvalue weighted by molar-refractivity contribution is 5.78. The Balaban J connectivity index is 1.55. The molecule has 0 spiro atoms. The fourth-order valence-corrected chi connectivity index (χ4v) is 3.21. The molecule has 0 saturated carbocycles. The minimum absolute atomic E-state index is 0.000165. The van der Waals surface area contributed by atoms with Gasteiger partial charge in [0, 0.05) is 25.9 Å². The van der Waals surface area contributed by atoms with Gasteiger partial charge in [-0.1, -0.05) is 5.16 Å². The SMILES string of the molecule is Cc1cc(CC(=O)N2Cc3nnc(-c4cnn(C)c4)n3[C@@H](C)C2)on1. The molecule has 9 heteroatoms. The molecule has 1 atom stereocenters. The van der Waals surface area contributed by atoms with Crippen molar-refractivity contribution in [1.82, 2.24) is 34.6 Å². The van der Waals surface area contributed by atoms with E-state index in [1.165, 1.54) is 0 Å². The second-order valence-electron chi connectivity index (χ2n) is 6.45. The molecule has 25 heavy (non-hydrogen) atoms. The summed E-state index contributed by atoms with van der Waals surface area (Å²) in [5, 5.41) is 16.6. The first kappa shape index (κ1) is 15.6. The third-order valence-electron chi connectivity index (χ3n) is 4.34. The lowest BCUT2D eigenvalue weighted by Gasteiger charge is -2.32. The zero-order valence-corrected chi connectivity index (χ0v) is 14.4. The van der Waals surface area contributed by atoms with Crippen molar-refractivity contribution in [2.45, 2.75) is 32.9 Å². The normalized spacial score (nSPS) is 16.9. The second-order valence-corrected chi connectivity index (χ2v) is 6.45. The first-order valence-corrected chi connectivity index (χ1v) is 8.14. The van der Waals surface area contributed by atoms with Crippen LogP contribution < -0.4 is 0 Å². The molecule has 0 unspecified atom stereocenters. The number of carbonyl (C=O) groups is 1. The fraction of sp³-hybridized carbons (Fsp3) is 0.438. The summed E-state index contributed by atoms with van der Waals surface area (Å²) in [7, 11) is 1.87. The molecule has 0 fully saturated rings. The van der Waals surface area contributed by atoms with Crippen molar-refractivity contribution in [3.8, 4) is 11.4 Å². The van der Waals surface area contributed by atoms with Crippen molar-refractivity contribution in [2.24, 2.45) is 7.05 Å². The maximum Gasteiger partial charge on any atom is 0.230 e. The van der Waals surface area contributed by atoms with Gasteiger partial charge in [-0.25, -0.2) is 0 Å². The summed E-state index contributed by atoms with van der Waals surface area (Å²) in [6, 6.07) is 1.86. The number of hydrogen-bond donors (Lipinski definition) is 0. The summed E-state index contributed by atoms with van der Waals surface area (Å²) < 4.78 is 8.96. The van der Waals surface area contributed by atoms with E-state index in [1.807, 2.05) is 20.2 Å². The third-order valence-corrected chi connectivity index (χ3v) is 4.34. The molecule has 0 aliphatic carbocycles.